The number of benzene rings is 2. The standard InChI is InChI=1S/C17H13ClN2O3/c18-12-7-5-11(6-8-12)9-20-10-14(17(22)19-23)16(21)13-3-1-2-4-15(13)20/h1-8,10,23H,9H2,(H,19,22). The molecule has 0 radical (unpaired) electrons. The van der Waals surface area contributed by atoms with Crippen molar-refractivity contribution in [2.24, 2.45) is 0 Å². The van der Waals surface area contributed by atoms with Crippen LogP contribution in [0.5, 0.6) is 0 Å². The second-order valence-electron chi connectivity index (χ2n) is 5.08. The number of nitrogens with zero attached hydrogens (tertiary/aromatic N) is 1. The average Bonchev–Trinajstić information content (AvgIpc) is 2.58. The number of rotatable bonds is 3. The summed E-state index contributed by atoms with van der Waals surface area (Å²) in [5.41, 5.74) is 2.67. The quantitative estimate of drug-likeness (QED) is 0.573. The number of amides is 1. The Hall–Kier alpha value is -2.63. The minimum absolute atomic E-state index is 0.111. The smallest absolute Gasteiger partial charge is 0.280 e. The van der Waals surface area contributed by atoms with Gasteiger partial charge in [0.05, 0.1) is 5.52 Å². The second-order valence-corrected chi connectivity index (χ2v) is 5.52. The molecule has 116 valence electrons. The lowest BCUT2D eigenvalue weighted by Crippen LogP contribution is -2.27. The van der Waals surface area contributed by atoms with E-state index in [-0.39, 0.29) is 5.56 Å². The molecule has 1 amide bonds. The molecule has 0 aliphatic carbocycles. The van der Waals surface area contributed by atoms with Crippen molar-refractivity contribution in [1.82, 2.24) is 10.0 Å². The maximum Gasteiger partial charge on any atom is 0.280 e. The van der Waals surface area contributed by atoms with Gasteiger partial charge in [-0.3, -0.25) is 14.8 Å². The van der Waals surface area contributed by atoms with E-state index in [1.807, 2.05) is 24.3 Å². The lowest BCUT2D eigenvalue weighted by molar-refractivity contribution is 0.0704. The fourth-order valence-corrected chi connectivity index (χ4v) is 2.61. The van der Waals surface area contributed by atoms with E-state index in [1.165, 1.54) is 11.7 Å². The lowest BCUT2D eigenvalue weighted by atomic mass is 10.1. The van der Waals surface area contributed by atoms with E-state index in [4.69, 9.17) is 16.8 Å². The first kappa shape index (κ1) is 15.3. The Morgan fingerprint density at radius 2 is 1.83 bits per heavy atom. The van der Waals surface area contributed by atoms with Gasteiger partial charge in [-0.1, -0.05) is 35.9 Å². The molecule has 1 heterocycles. The predicted octanol–water partition coefficient (Wildman–Crippen LogP) is 2.82. The van der Waals surface area contributed by atoms with Gasteiger partial charge in [0.15, 0.2) is 0 Å². The summed E-state index contributed by atoms with van der Waals surface area (Å²) in [4.78, 5) is 24.1. The first-order chi connectivity index (χ1) is 11.1. The molecule has 3 rings (SSSR count). The summed E-state index contributed by atoms with van der Waals surface area (Å²) < 4.78 is 1.80. The number of aromatic nitrogens is 1. The number of nitrogens with one attached hydrogen (secondary N) is 1. The Morgan fingerprint density at radius 1 is 1.13 bits per heavy atom. The van der Waals surface area contributed by atoms with Crippen LogP contribution < -0.4 is 10.9 Å². The zero-order valence-corrected chi connectivity index (χ0v) is 12.7. The van der Waals surface area contributed by atoms with Gasteiger partial charge in [0.25, 0.3) is 5.91 Å². The lowest BCUT2D eigenvalue weighted by Gasteiger charge is -2.13. The fourth-order valence-electron chi connectivity index (χ4n) is 2.48. The van der Waals surface area contributed by atoms with E-state index in [1.54, 1.807) is 28.8 Å². The van der Waals surface area contributed by atoms with Crippen LogP contribution in [-0.2, 0) is 6.54 Å². The molecule has 0 spiro atoms. The Bertz CT molecular complexity index is 933. The molecule has 0 saturated heterocycles. The SMILES string of the molecule is O=C(NO)c1cn(Cc2ccc(Cl)cc2)c2ccccc2c1=O. The number of hydrogen-bond acceptors (Lipinski definition) is 3. The molecule has 0 atom stereocenters. The number of fused-ring (bicyclic) bond motifs is 1. The Balaban J connectivity index is 2.18. The molecule has 0 unspecified atom stereocenters. The number of pyridine rings is 1. The second kappa shape index (κ2) is 6.24. The predicted molar refractivity (Wildman–Crippen MR) is 88.0 cm³/mol. The third-order valence-electron chi connectivity index (χ3n) is 3.60. The van der Waals surface area contributed by atoms with E-state index >= 15 is 0 Å². The van der Waals surface area contributed by atoms with Crippen molar-refractivity contribution in [3.05, 3.63) is 81.1 Å². The monoisotopic (exact) mass is 328 g/mol. The van der Waals surface area contributed by atoms with Gasteiger partial charge in [-0.2, -0.15) is 0 Å². The summed E-state index contributed by atoms with van der Waals surface area (Å²) in [5.74, 6) is -0.828. The van der Waals surface area contributed by atoms with Crippen LogP contribution in [0.15, 0.2) is 59.5 Å². The van der Waals surface area contributed by atoms with Gasteiger partial charge in [-0.15, -0.1) is 0 Å². The van der Waals surface area contributed by atoms with Gasteiger partial charge >= 0.3 is 0 Å². The van der Waals surface area contributed by atoms with Gasteiger partial charge in [-0.25, -0.2) is 5.48 Å². The fraction of sp³-hybridized carbons (Fsp3) is 0.0588. The minimum atomic E-state index is -0.828. The molecule has 2 aromatic carbocycles. The summed E-state index contributed by atoms with van der Waals surface area (Å²) in [6.45, 7) is 0.462. The molecule has 0 fully saturated rings. The van der Waals surface area contributed by atoms with E-state index in [2.05, 4.69) is 0 Å². The molecule has 5 nitrogen and oxygen atoms in total. The molecular formula is C17H13ClN2O3. The van der Waals surface area contributed by atoms with Crippen LogP contribution in [0.3, 0.4) is 0 Å². The zero-order chi connectivity index (χ0) is 16.4. The Labute approximate surface area is 136 Å². The molecular weight excluding hydrogens is 316 g/mol. The van der Waals surface area contributed by atoms with Crippen molar-refractivity contribution in [3.8, 4) is 0 Å². The zero-order valence-electron chi connectivity index (χ0n) is 12.0. The summed E-state index contributed by atoms with van der Waals surface area (Å²) >= 11 is 5.89. The van der Waals surface area contributed by atoms with E-state index in [0.29, 0.717) is 22.5 Å². The third-order valence-corrected chi connectivity index (χ3v) is 3.85. The Morgan fingerprint density at radius 3 is 2.52 bits per heavy atom. The molecule has 0 aliphatic rings. The van der Waals surface area contributed by atoms with Crippen LogP contribution in [0, 0.1) is 0 Å². The third kappa shape index (κ3) is 2.97. The highest BCUT2D eigenvalue weighted by Crippen LogP contribution is 2.16. The van der Waals surface area contributed by atoms with E-state index in [9.17, 15) is 9.59 Å². The summed E-state index contributed by atoms with van der Waals surface area (Å²) in [7, 11) is 0. The maximum atomic E-state index is 12.4. The van der Waals surface area contributed by atoms with Crippen molar-refractivity contribution >= 4 is 28.4 Å². The van der Waals surface area contributed by atoms with Crippen molar-refractivity contribution < 1.29 is 10.0 Å². The topological polar surface area (TPSA) is 71.3 Å². The first-order valence-corrected chi connectivity index (χ1v) is 7.29. The maximum absolute atomic E-state index is 12.4. The van der Waals surface area contributed by atoms with Crippen LogP contribution in [0.1, 0.15) is 15.9 Å². The molecule has 2 N–H and O–H groups in total. The number of halogens is 1. The molecule has 0 aliphatic heterocycles. The van der Waals surface area contributed by atoms with Gasteiger partial charge in [0.1, 0.15) is 5.56 Å². The highest BCUT2D eigenvalue weighted by molar-refractivity contribution is 6.30. The van der Waals surface area contributed by atoms with Gasteiger partial charge in [-0.05, 0) is 29.8 Å². The molecule has 0 saturated carbocycles. The van der Waals surface area contributed by atoms with E-state index < -0.39 is 11.3 Å². The van der Waals surface area contributed by atoms with Gasteiger partial charge in [0, 0.05) is 23.2 Å². The molecule has 0 bridgehead atoms. The van der Waals surface area contributed by atoms with Crippen molar-refractivity contribution in [2.45, 2.75) is 6.54 Å². The molecule has 1 aromatic heterocycles. The molecule has 23 heavy (non-hydrogen) atoms. The molecule has 6 heteroatoms. The van der Waals surface area contributed by atoms with Crippen LogP contribution in [0.2, 0.25) is 5.02 Å². The number of carbonyl (C=O) groups excluding carboxylic acids is 1. The number of carbonyl (C=O) groups is 1. The highest BCUT2D eigenvalue weighted by atomic mass is 35.5. The Kier molecular flexibility index (Phi) is 4.14. The molecule has 3 aromatic rings. The largest absolute Gasteiger partial charge is 0.342 e. The summed E-state index contributed by atoms with van der Waals surface area (Å²) in [5, 5.41) is 9.89. The highest BCUT2D eigenvalue weighted by Gasteiger charge is 2.14. The summed E-state index contributed by atoms with van der Waals surface area (Å²) in [6.07, 6.45) is 1.45. The average molecular weight is 329 g/mol. The normalized spacial score (nSPS) is 10.7. The van der Waals surface area contributed by atoms with Gasteiger partial charge in [0.2, 0.25) is 5.43 Å². The van der Waals surface area contributed by atoms with Gasteiger partial charge < -0.3 is 4.57 Å². The first-order valence-electron chi connectivity index (χ1n) is 6.91. The van der Waals surface area contributed by atoms with E-state index in [0.717, 1.165) is 5.56 Å². The van der Waals surface area contributed by atoms with Crippen molar-refractivity contribution in [2.75, 3.05) is 0 Å². The number of hydroxylamine groups is 1. The van der Waals surface area contributed by atoms with Crippen LogP contribution in [0.25, 0.3) is 10.9 Å². The minimum Gasteiger partial charge on any atom is -0.342 e. The van der Waals surface area contributed by atoms with Crippen LogP contribution in [-0.4, -0.2) is 15.7 Å². The number of hydrogen-bond donors (Lipinski definition) is 2. The number of para-hydroxylation sites is 1. The summed E-state index contributed by atoms with van der Waals surface area (Å²) in [6, 6.07) is 14.3. The van der Waals surface area contributed by atoms with Crippen LogP contribution >= 0.6 is 11.6 Å². The van der Waals surface area contributed by atoms with Crippen LogP contribution in [0.4, 0.5) is 0 Å². The van der Waals surface area contributed by atoms with Crippen molar-refractivity contribution in [3.63, 3.8) is 0 Å². The van der Waals surface area contributed by atoms with Crippen molar-refractivity contribution in [1.29, 1.82) is 0 Å².